The molecule has 0 amide bonds. The Morgan fingerprint density at radius 1 is 1.55 bits per heavy atom. The number of furan rings is 1. The van der Waals surface area contributed by atoms with Gasteiger partial charge in [-0.05, 0) is 6.07 Å². The summed E-state index contributed by atoms with van der Waals surface area (Å²) >= 11 is 0. The van der Waals surface area contributed by atoms with Crippen molar-refractivity contribution in [2.45, 2.75) is 5.92 Å². The molecule has 1 aromatic rings. The third kappa shape index (κ3) is 0.973. The van der Waals surface area contributed by atoms with Crippen LogP contribution in [0, 0.1) is 0 Å². The van der Waals surface area contributed by atoms with Crippen LogP contribution >= 0.6 is 0 Å². The minimum Gasteiger partial charge on any atom is -0.461 e. The first-order valence-electron chi connectivity index (χ1n) is 3.52. The molecule has 1 fully saturated rings. The molecule has 1 aliphatic heterocycles. The van der Waals surface area contributed by atoms with E-state index in [-0.39, 0.29) is 0 Å². The molecule has 3 nitrogen and oxygen atoms in total. The maximum Gasteiger partial charge on any atom is 0.185 e. The van der Waals surface area contributed by atoms with Gasteiger partial charge in [-0.2, -0.15) is 0 Å². The van der Waals surface area contributed by atoms with E-state index in [2.05, 4.69) is 0 Å². The van der Waals surface area contributed by atoms with Gasteiger partial charge in [0.05, 0.1) is 19.5 Å². The minimum atomic E-state index is 0.369. The molecule has 2 rings (SSSR count). The maximum absolute atomic E-state index is 10.4. The molecule has 0 bridgehead atoms. The van der Waals surface area contributed by atoms with Crippen LogP contribution in [0.1, 0.15) is 22.0 Å². The smallest absolute Gasteiger partial charge is 0.185 e. The van der Waals surface area contributed by atoms with E-state index in [0.717, 1.165) is 11.8 Å². The van der Waals surface area contributed by atoms with E-state index in [0.29, 0.717) is 24.9 Å². The first-order chi connectivity index (χ1) is 5.42. The quantitative estimate of drug-likeness (QED) is 0.598. The van der Waals surface area contributed by atoms with E-state index >= 15 is 0 Å². The highest BCUT2D eigenvalue weighted by atomic mass is 16.5. The summed E-state index contributed by atoms with van der Waals surface area (Å²) in [6, 6.07) is 1.83. The van der Waals surface area contributed by atoms with Gasteiger partial charge in [-0.25, -0.2) is 0 Å². The lowest BCUT2D eigenvalue weighted by atomic mass is 9.98. The molecule has 3 heteroatoms. The van der Waals surface area contributed by atoms with Crippen LogP contribution in [0.2, 0.25) is 0 Å². The van der Waals surface area contributed by atoms with E-state index in [1.165, 1.54) is 6.26 Å². The molecule has 1 saturated heterocycles. The van der Waals surface area contributed by atoms with Crippen molar-refractivity contribution in [3.8, 4) is 0 Å². The molecule has 0 radical (unpaired) electrons. The van der Waals surface area contributed by atoms with Crippen LogP contribution in [0.5, 0.6) is 0 Å². The van der Waals surface area contributed by atoms with Gasteiger partial charge in [0.15, 0.2) is 12.0 Å². The normalized spacial score (nSPS) is 17.8. The lowest BCUT2D eigenvalue weighted by Gasteiger charge is -2.24. The average molecular weight is 152 g/mol. The summed E-state index contributed by atoms with van der Waals surface area (Å²) in [5.41, 5.74) is 0.978. The molecule has 0 aliphatic carbocycles. The molecule has 0 atom stereocenters. The van der Waals surface area contributed by atoms with Crippen LogP contribution in [-0.4, -0.2) is 19.5 Å². The van der Waals surface area contributed by atoms with Gasteiger partial charge in [0.1, 0.15) is 0 Å². The summed E-state index contributed by atoms with van der Waals surface area (Å²) in [6.45, 7) is 1.42. The summed E-state index contributed by atoms with van der Waals surface area (Å²) < 4.78 is 9.95. The van der Waals surface area contributed by atoms with Gasteiger partial charge < -0.3 is 9.15 Å². The van der Waals surface area contributed by atoms with Crippen molar-refractivity contribution < 1.29 is 13.9 Å². The second kappa shape index (κ2) is 2.51. The highest BCUT2D eigenvalue weighted by Gasteiger charge is 2.24. The Hall–Kier alpha value is -1.09. The first-order valence-corrected chi connectivity index (χ1v) is 3.52. The third-order valence-corrected chi connectivity index (χ3v) is 1.91. The van der Waals surface area contributed by atoms with Gasteiger partial charge in [0.2, 0.25) is 0 Å². The number of hydrogen-bond acceptors (Lipinski definition) is 3. The second-order valence-corrected chi connectivity index (χ2v) is 2.59. The van der Waals surface area contributed by atoms with Gasteiger partial charge in [-0.3, -0.25) is 4.79 Å². The Morgan fingerprint density at radius 3 is 2.91 bits per heavy atom. The zero-order valence-corrected chi connectivity index (χ0v) is 5.95. The molecule has 0 spiro atoms. The van der Waals surface area contributed by atoms with Gasteiger partial charge in [0.25, 0.3) is 0 Å². The molecule has 0 unspecified atom stereocenters. The van der Waals surface area contributed by atoms with Crippen molar-refractivity contribution in [1.29, 1.82) is 0 Å². The summed E-state index contributed by atoms with van der Waals surface area (Å²) in [7, 11) is 0. The molecule has 0 N–H and O–H groups in total. The summed E-state index contributed by atoms with van der Waals surface area (Å²) in [6.07, 6.45) is 2.28. The number of ether oxygens (including phenoxy) is 1. The van der Waals surface area contributed by atoms with Crippen LogP contribution in [0.4, 0.5) is 0 Å². The Kier molecular flexibility index (Phi) is 1.51. The van der Waals surface area contributed by atoms with Crippen molar-refractivity contribution in [2.75, 3.05) is 13.2 Å². The molecule has 1 aliphatic rings. The molecular weight excluding hydrogens is 144 g/mol. The van der Waals surface area contributed by atoms with Crippen LogP contribution in [0.15, 0.2) is 16.7 Å². The predicted molar refractivity (Wildman–Crippen MR) is 37.7 cm³/mol. The average Bonchev–Trinajstić information content (AvgIpc) is 2.32. The highest BCUT2D eigenvalue weighted by molar-refractivity contribution is 5.73. The molecular formula is C8H8O3. The van der Waals surface area contributed by atoms with E-state index in [9.17, 15) is 4.79 Å². The van der Waals surface area contributed by atoms with E-state index in [1.54, 1.807) is 0 Å². The first kappa shape index (κ1) is 6.61. The van der Waals surface area contributed by atoms with Crippen molar-refractivity contribution in [1.82, 2.24) is 0 Å². The fourth-order valence-corrected chi connectivity index (χ4v) is 1.18. The summed E-state index contributed by atoms with van der Waals surface area (Å²) in [5.74, 6) is 0.812. The monoisotopic (exact) mass is 152 g/mol. The standard InChI is InChI=1S/C8H8O3/c9-3-8-7(1-2-11-8)6-4-10-5-6/h1-3,6H,4-5H2. The number of carbonyl (C=O) groups excluding carboxylic acids is 1. The Labute approximate surface area is 64.0 Å². The predicted octanol–water partition coefficient (Wildman–Crippen LogP) is 1.21. The Bertz CT molecular complexity index is 260. The van der Waals surface area contributed by atoms with E-state index < -0.39 is 0 Å². The van der Waals surface area contributed by atoms with E-state index in [1.807, 2.05) is 6.07 Å². The van der Waals surface area contributed by atoms with Crippen molar-refractivity contribution >= 4 is 6.29 Å². The summed E-state index contributed by atoms with van der Waals surface area (Å²) in [4.78, 5) is 10.4. The van der Waals surface area contributed by atoms with Crippen molar-refractivity contribution in [2.24, 2.45) is 0 Å². The van der Waals surface area contributed by atoms with Gasteiger partial charge in [0, 0.05) is 11.5 Å². The topological polar surface area (TPSA) is 39.4 Å². The van der Waals surface area contributed by atoms with E-state index in [4.69, 9.17) is 9.15 Å². The zero-order valence-electron chi connectivity index (χ0n) is 5.95. The van der Waals surface area contributed by atoms with Crippen LogP contribution in [0.25, 0.3) is 0 Å². The molecule has 11 heavy (non-hydrogen) atoms. The Balaban J connectivity index is 2.27. The second-order valence-electron chi connectivity index (χ2n) is 2.59. The Morgan fingerprint density at radius 2 is 2.36 bits per heavy atom. The van der Waals surface area contributed by atoms with Crippen LogP contribution in [-0.2, 0) is 4.74 Å². The van der Waals surface area contributed by atoms with Gasteiger partial charge >= 0.3 is 0 Å². The van der Waals surface area contributed by atoms with Crippen molar-refractivity contribution in [3.05, 3.63) is 23.7 Å². The fourth-order valence-electron chi connectivity index (χ4n) is 1.18. The highest BCUT2D eigenvalue weighted by Crippen LogP contribution is 2.26. The fraction of sp³-hybridized carbons (Fsp3) is 0.375. The largest absolute Gasteiger partial charge is 0.461 e. The SMILES string of the molecule is O=Cc1occc1C1COC1. The molecule has 58 valence electrons. The van der Waals surface area contributed by atoms with Crippen molar-refractivity contribution in [3.63, 3.8) is 0 Å². The number of aldehydes is 1. The molecule has 2 heterocycles. The van der Waals surface area contributed by atoms with Gasteiger partial charge in [-0.15, -0.1) is 0 Å². The lowest BCUT2D eigenvalue weighted by Crippen LogP contribution is -2.25. The number of rotatable bonds is 2. The molecule has 0 aromatic carbocycles. The molecule has 1 aromatic heterocycles. The molecule has 0 saturated carbocycles. The van der Waals surface area contributed by atoms with Gasteiger partial charge in [-0.1, -0.05) is 0 Å². The summed E-state index contributed by atoms with van der Waals surface area (Å²) in [5, 5.41) is 0. The number of carbonyl (C=O) groups is 1. The number of hydrogen-bond donors (Lipinski definition) is 0. The lowest BCUT2D eigenvalue weighted by molar-refractivity contribution is 0.00793. The van der Waals surface area contributed by atoms with Crippen LogP contribution in [0.3, 0.4) is 0 Å². The minimum absolute atomic E-state index is 0.369. The maximum atomic E-state index is 10.4. The third-order valence-electron chi connectivity index (χ3n) is 1.91. The van der Waals surface area contributed by atoms with Crippen LogP contribution < -0.4 is 0 Å². The zero-order chi connectivity index (χ0) is 7.68.